The summed E-state index contributed by atoms with van der Waals surface area (Å²) in [6.45, 7) is 2.57. The number of oxazole rings is 1. The van der Waals surface area contributed by atoms with Gasteiger partial charge in [-0.05, 0) is 32.6 Å². The Morgan fingerprint density at radius 1 is 1.19 bits per heavy atom. The Hall–Kier alpha value is -4.00. The lowest BCUT2D eigenvalue weighted by atomic mass is 9.93. The fourth-order valence-corrected chi connectivity index (χ4v) is 4.23. The van der Waals surface area contributed by atoms with Gasteiger partial charge in [-0.1, -0.05) is 0 Å². The SMILES string of the molecule is CCO[C@H]1CC[C@H](n2cc(NC(=O)c3coc(-c4cn[nH]c4)n3)c(-c3nc(F)c(F)cc3F)n2)CC1. The van der Waals surface area contributed by atoms with Crippen LogP contribution >= 0.6 is 0 Å². The third-order valence-corrected chi connectivity index (χ3v) is 5.99. The summed E-state index contributed by atoms with van der Waals surface area (Å²) >= 11 is 0. The number of ether oxygens (including phenoxy) is 1. The summed E-state index contributed by atoms with van der Waals surface area (Å²) in [5, 5.41) is 13.5. The average molecular weight is 501 g/mol. The maximum atomic E-state index is 14.6. The van der Waals surface area contributed by atoms with Crippen LogP contribution in [-0.2, 0) is 4.74 Å². The van der Waals surface area contributed by atoms with Crippen LogP contribution in [0.2, 0.25) is 0 Å². The van der Waals surface area contributed by atoms with Crippen molar-refractivity contribution in [1.29, 1.82) is 0 Å². The number of amides is 1. The number of nitrogens with one attached hydrogen (secondary N) is 2. The molecule has 13 heteroatoms. The molecule has 0 radical (unpaired) electrons. The Morgan fingerprint density at radius 2 is 2.00 bits per heavy atom. The van der Waals surface area contributed by atoms with Crippen LogP contribution in [-0.4, -0.2) is 48.6 Å². The molecule has 4 aromatic rings. The predicted octanol–water partition coefficient (Wildman–Crippen LogP) is 4.51. The number of carbonyl (C=O) groups excluding carboxylic acids is 1. The quantitative estimate of drug-likeness (QED) is 0.357. The van der Waals surface area contributed by atoms with Gasteiger partial charge in [-0.3, -0.25) is 14.6 Å². The van der Waals surface area contributed by atoms with Crippen molar-refractivity contribution in [3.8, 4) is 22.8 Å². The van der Waals surface area contributed by atoms with Crippen molar-refractivity contribution in [2.75, 3.05) is 11.9 Å². The number of rotatable bonds is 7. The second-order valence-corrected chi connectivity index (χ2v) is 8.33. The molecule has 1 saturated carbocycles. The summed E-state index contributed by atoms with van der Waals surface area (Å²) < 4.78 is 54.6. The first kappa shape index (κ1) is 23.7. The highest BCUT2D eigenvalue weighted by molar-refractivity contribution is 6.04. The van der Waals surface area contributed by atoms with Crippen LogP contribution in [0.15, 0.2) is 35.3 Å². The Morgan fingerprint density at radius 3 is 2.72 bits per heavy atom. The molecule has 4 aromatic heterocycles. The van der Waals surface area contributed by atoms with Crippen LogP contribution in [0, 0.1) is 17.6 Å². The first-order valence-electron chi connectivity index (χ1n) is 11.4. The van der Waals surface area contributed by atoms with Crippen LogP contribution in [0.25, 0.3) is 22.8 Å². The van der Waals surface area contributed by atoms with Crippen molar-refractivity contribution in [1.82, 2.24) is 29.9 Å². The molecule has 2 N–H and O–H groups in total. The number of H-pyrrole nitrogens is 1. The minimum atomic E-state index is -1.48. The minimum absolute atomic E-state index is 0.0548. The van der Waals surface area contributed by atoms with Gasteiger partial charge in [-0.2, -0.15) is 14.6 Å². The van der Waals surface area contributed by atoms with E-state index in [1.54, 1.807) is 10.9 Å². The van der Waals surface area contributed by atoms with E-state index >= 15 is 0 Å². The molecule has 0 aromatic carbocycles. The van der Waals surface area contributed by atoms with Crippen LogP contribution in [0.5, 0.6) is 0 Å². The van der Waals surface area contributed by atoms with Crippen molar-refractivity contribution in [3.05, 3.63) is 54.2 Å². The van der Waals surface area contributed by atoms with Crippen molar-refractivity contribution < 1.29 is 27.1 Å². The van der Waals surface area contributed by atoms with E-state index < -0.39 is 29.2 Å². The Kier molecular flexibility index (Phi) is 6.55. The molecule has 0 aliphatic heterocycles. The van der Waals surface area contributed by atoms with E-state index in [9.17, 15) is 18.0 Å². The summed E-state index contributed by atoms with van der Waals surface area (Å²) in [6.07, 6.45) is 8.97. The first-order chi connectivity index (χ1) is 17.4. The van der Waals surface area contributed by atoms with Crippen molar-refractivity contribution in [3.63, 3.8) is 0 Å². The lowest BCUT2D eigenvalue weighted by Crippen LogP contribution is -2.24. The molecule has 0 spiro atoms. The van der Waals surface area contributed by atoms with Gasteiger partial charge in [-0.25, -0.2) is 18.7 Å². The predicted molar refractivity (Wildman–Crippen MR) is 120 cm³/mol. The highest BCUT2D eigenvalue weighted by Crippen LogP contribution is 2.34. The third-order valence-electron chi connectivity index (χ3n) is 5.99. The molecule has 188 valence electrons. The number of carbonyl (C=O) groups is 1. The van der Waals surface area contributed by atoms with Crippen molar-refractivity contribution in [2.45, 2.75) is 44.8 Å². The van der Waals surface area contributed by atoms with Gasteiger partial charge in [0.05, 0.1) is 29.6 Å². The van der Waals surface area contributed by atoms with E-state index in [1.807, 2.05) is 6.92 Å². The van der Waals surface area contributed by atoms with Crippen LogP contribution < -0.4 is 5.32 Å². The summed E-state index contributed by atoms with van der Waals surface area (Å²) in [4.78, 5) is 20.5. The molecule has 10 nitrogen and oxygen atoms in total. The molecule has 0 atom stereocenters. The molecular weight excluding hydrogens is 479 g/mol. The zero-order chi connectivity index (χ0) is 25.2. The molecule has 1 amide bonds. The number of hydrogen-bond donors (Lipinski definition) is 2. The normalized spacial score (nSPS) is 17.9. The number of hydrogen-bond acceptors (Lipinski definition) is 7. The number of anilines is 1. The summed E-state index contributed by atoms with van der Waals surface area (Å²) in [7, 11) is 0. The van der Waals surface area contributed by atoms with E-state index in [-0.39, 0.29) is 35.1 Å². The van der Waals surface area contributed by atoms with E-state index in [4.69, 9.17) is 9.15 Å². The third kappa shape index (κ3) is 4.73. The molecule has 0 bridgehead atoms. The van der Waals surface area contributed by atoms with Crippen LogP contribution in [0.4, 0.5) is 18.9 Å². The van der Waals surface area contributed by atoms with E-state index in [1.165, 1.54) is 12.4 Å². The Labute approximate surface area is 202 Å². The van der Waals surface area contributed by atoms with E-state index in [0.29, 0.717) is 18.2 Å². The van der Waals surface area contributed by atoms with Crippen LogP contribution in [0.1, 0.15) is 49.1 Å². The Bertz CT molecular complexity index is 1360. The fraction of sp³-hybridized carbons (Fsp3) is 0.348. The minimum Gasteiger partial charge on any atom is -0.444 e. The first-order valence-corrected chi connectivity index (χ1v) is 11.4. The topological polar surface area (TPSA) is 124 Å². The number of halogens is 3. The highest BCUT2D eigenvalue weighted by atomic mass is 19.2. The number of pyridine rings is 1. The summed E-state index contributed by atoms with van der Waals surface area (Å²) in [5.41, 5.74) is -0.105. The van der Waals surface area contributed by atoms with Gasteiger partial charge in [0, 0.05) is 25.1 Å². The molecular formula is C23H22F3N7O3. The highest BCUT2D eigenvalue weighted by Gasteiger charge is 2.27. The molecule has 5 rings (SSSR count). The van der Waals surface area contributed by atoms with Gasteiger partial charge in [-0.15, -0.1) is 0 Å². The molecule has 1 aliphatic rings. The van der Waals surface area contributed by atoms with Gasteiger partial charge in [0.2, 0.25) is 11.8 Å². The molecule has 0 unspecified atom stereocenters. The average Bonchev–Trinajstić information content (AvgIpc) is 3.63. The van der Waals surface area contributed by atoms with Crippen LogP contribution in [0.3, 0.4) is 0 Å². The molecule has 4 heterocycles. The van der Waals surface area contributed by atoms with Gasteiger partial charge in [0.25, 0.3) is 5.91 Å². The van der Waals surface area contributed by atoms with Gasteiger partial charge < -0.3 is 14.5 Å². The zero-order valence-electron chi connectivity index (χ0n) is 19.2. The van der Waals surface area contributed by atoms with Gasteiger partial charge in [0.15, 0.2) is 17.3 Å². The lowest BCUT2D eigenvalue weighted by molar-refractivity contribution is 0.0260. The summed E-state index contributed by atoms with van der Waals surface area (Å²) in [6, 6.07) is 0.337. The van der Waals surface area contributed by atoms with Gasteiger partial charge >= 0.3 is 0 Å². The van der Waals surface area contributed by atoms with E-state index in [0.717, 1.165) is 31.9 Å². The smallest absolute Gasteiger partial charge is 0.277 e. The van der Waals surface area contributed by atoms with Crippen molar-refractivity contribution >= 4 is 11.6 Å². The van der Waals surface area contributed by atoms with Gasteiger partial charge in [0.1, 0.15) is 17.7 Å². The molecule has 1 fully saturated rings. The number of aromatic amines is 1. The second-order valence-electron chi connectivity index (χ2n) is 8.33. The summed E-state index contributed by atoms with van der Waals surface area (Å²) in [5.74, 6) is -4.51. The zero-order valence-corrected chi connectivity index (χ0v) is 19.2. The molecule has 1 aliphatic carbocycles. The molecule has 36 heavy (non-hydrogen) atoms. The standard InChI is InChI=1S/C23H22F3N7O3/c1-2-35-14-5-3-13(4-6-14)33-10-17(20(32-33)19-15(24)7-16(25)21(26)31-19)29-22(34)18-11-36-23(30-18)12-8-27-28-9-12/h7-11,13-14H,2-6H2,1H3,(H,27,28)(H,29,34)/t13-,14-. The fourth-order valence-electron chi connectivity index (χ4n) is 4.23. The maximum absolute atomic E-state index is 14.6. The monoisotopic (exact) mass is 501 g/mol. The van der Waals surface area contributed by atoms with Crippen molar-refractivity contribution in [2.24, 2.45) is 0 Å². The largest absolute Gasteiger partial charge is 0.444 e. The Balaban J connectivity index is 1.45. The molecule has 0 saturated heterocycles. The second kappa shape index (κ2) is 9.93. The number of aromatic nitrogens is 6. The number of nitrogens with zero attached hydrogens (tertiary/aromatic N) is 5. The maximum Gasteiger partial charge on any atom is 0.277 e. The van der Waals surface area contributed by atoms with E-state index in [2.05, 4.69) is 30.6 Å². The lowest BCUT2D eigenvalue weighted by Gasteiger charge is -2.28.